The second kappa shape index (κ2) is 5.08. The quantitative estimate of drug-likeness (QED) is 0.634. The molecule has 0 spiro atoms. The first-order valence-electron chi connectivity index (χ1n) is 4.59. The van der Waals surface area contributed by atoms with E-state index in [4.69, 9.17) is 11.6 Å². The fraction of sp³-hybridized carbons (Fsp3) is 0.333. The maximum atomic E-state index is 5.79. The Kier molecular flexibility index (Phi) is 4.04. The molecule has 0 aliphatic carbocycles. The monoisotopic (exact) mass is 194 g/mol. The number of hydrogen-bond donors (Lipinski definition) is 0. The van der Waals surface area contributed by atoms with Gasteiger partial charge in [-0.25, -0.2) is 0 Å². The van der Waals surface area contributed by atoms with Crippen molar-refractivity contribution >= 4 is 11.6 Å². The van der Waals surface area contributed by atoms with Crippen molar-refractivity contribution in [2.75, 3.05) is 0 Å². The first-order chi connectivity index (χ1) is 6.22. The van der Waals surface area contributed by atoms with E-state index in [9.17, 15) is 0 Å². The highest BCUT2D eigenvalue weighted by atomic mass is 35.5. The van der Waals surface area contributed by atoms with Gasteiger partial charge in [0.15, 0.2) is 0 Å². The van der Waals surface area contributed by atoms with Crippen LogP contribution in [0.5, 0.6) is 0 Å². The van der Waals surface area contributed by atoms with Gasteiger partial charge in [0, 0.05) is 5.02 Å². The van der Waals surface area contributed by atoms with Crippen LogP contribution >= 0.6 is 11.6 Å². The van der Waals surface area contributed by atoms with Crippen molar-refractivity contribution in [1.82, 2.24) is 0 Å². The Balaban J connectivity index is 2.45. The predicted molar refractivity (Wildman–Crippen MR) is 59.1 cm³/mol. The van der Waals surface area contributed by atoms with Gasteiger partial charge < -0.3 is 0 Å². The van der Waals surface area contributed by atoms with Crippen LogP contribution in [0.1, 0.15) is 18.9 Å². The van der Waals surface area contributed by atoms with Crippen LogP contribution in [0.25, 0.3) is 0 Å². The first-order valence-corrected chi connectivity index (χ1v) is 4.97. The molecule has 0 N–H and O–H groups in total. The maximum absolute atomic E-state index is 5.79. The minimum atomic E-state index is 0.593. The number of allylic oxidation sites excluding steroid dienone is 1. The summed E-state index contributed by atoms with van der Waals surface area (Å²) in [6.45, 7) is 5.95. The zero-order valence-corrected chi connectivity index (χ0v) is 8.72. The molecule has 0 aliphatic rings. The topological polar surface area (TPSA) is 0 Å². The van der Waals surface area contributed by atoms with Gasteiger partial charge in [0.05, 0.1) is 0 Å². The standard InChI is InChI=1S/C12H15Cl/c1-3-10(2)4-5-11-6-8-12(13)9-7-11/h3,6-10H,1,4-5H2,2H3/t10-/m0/s1. The van der Waals surface area contributed by atoms with E-state index >= 15 is 0 Å². The molecule has 0 saturated carbocycles. The largest absolute Gasteiger partial charge is 0.103 e. The van der Waals surface area contributed by atoms with E-state index in [1.165, 1.54) is 5.56 Å². The van der Waals surface area contributed by atoms with E-state index in [2.05, 4.69) is 25.6 Å². The lowest BCUT2D eigenvalue weighted by atomic mass is 10.0. The molecule has 0 saturated heterocycles. The predicted octanol–water partition coefficient (Wildman–Crippen LogP) is 4.09. The molecule has 0 bridgehead atoms. The number of rotatable bonds is 4. The fourth-order valence-corrected chi connectivity index (χ4v) is 1.29. The Morgan fingerprint density at radius 2 is 2.00 bits per heavy atom. The lowest BCUT2D eigenvalue weighted by Crippen LogP contribution is -1.92. The summed E-state index contributed by atoms with van der Waals surface area (Å²) >= 11 is 5.79. The lowest BCUT2D eigenvalue weighted by Gasteiger charge is -2.05. The number of benzene rings is 1. The zero-order chi connectivity index (χ0) is 9.68. The van der Waals surface area contributed by atoms with E-state index in [0.29, 0.717) is 5.92 Å². The van der Waals surface area contributed by atoms with Crippen LogP contribution in [0.2, 0.25) is 5.02 Å². The van der Waals surface area contributed by atoms with Gasteiger partial charge in [-0.2, -0.15) is 0 Å². The highest BCUT2D eigenvalue weighted by Crippen LogP contribution is 2.13. The zero-order valence-electron chi connectivity index (χ0n) is 7.96. The Bertz CT molecular complexity index is 261. The highest BCUT2D eigenvalue weighted by Gasteiger charge is 1.97. The maximum Gasteiger partial charge on any atom is 0.0406 e. The average Bonchev–Trinajstić information content (AvgIpc) is 2.16. The molecule has 1 rings (SSSR count). The summed E-state index contributed by atoms with van der Waals surface area (Å²) in [6.07, 6.45) is 4.26. The van der Waals surface area contributed by atoms with Gasteiger partial charge in [-0.15, -0.1) is 6.58 Å². The third-order valence-corrected chi connectivity index (χ3v) is 2.46. The molecular weight excluding hydrogens is 180 g/mol. The summed E-state index contributed by atoms with van der Waals surface area (Å²) in [6, 6.07) is 8.04. The van der Waals surface area contributed by atoms with Gasteiger partial charge in [-0.3, -0.25) is 0 Å². The van der Waals surface area contributed by atoms with E-state index < -0.39 is 0 Å². The highest BCUT2D eigenvalue weighted by molar-refractivity contribution is 6.30. The van der Waals surface area contributed by atoms with E-state index in [1.54, 1.807) is 0 Å². The van der Waals surface area contributed by atoms with Gasteiger partial charge in [0.25, 0.3) is 0 Å². The van der Waals surface area contributed by atoms with Crippen LogP contribution in [-0.2, 0) is 6.42 Å². The fourth-order valence-electron chi connectivity index (χ4n) is 1.16. The Hall–Kier alpha value is -0.750. The number of halogens is 1. The van der Waals surface area contributed by atoms with Crippen molar-refractivity contribution in [1.29, 1.82) is 0 Å². The van der Waals surface area contributed by atoms with Crippen LogP contribution in [-0.4, -0.2) is 0 Å². The van der Waals surface area contributed by atoms with Crippen molar-refractivity contribution in [2.24, 2.45) is 5.92 Å². The molecule has 0 fully saturated rings. The van der Waals surface area contributed by atoms with E-state index in [1.807, 2.05) is 18.2 Å². The summed E-state index contributed by atoms with van der Waals surface area (Å²) in [5.41, 5.74) is 1.35. The summed E-state index contributed by atoms with van der Waals surface area (Å²) in [5, 5.41) is 0.806. The smallest absolute Gasteiger partial charge is 0.0406 e. The van der Waals surface area contributed by atoms with Gasteiger partial charge in [-0.1, -0.05) is 36.7 Å². The molecule has 0 unspecified atom stereocenters. The van der Waals surface area contributed by atoms with Crippen LogP contribution in [0, 0.1) is 5.92 Å². The number of aryl methyl sites for hydroxylation is 1. The Labute approximate surface area is 85.2 Å². The molecule has 0 radical (unpaired) electrons. The van der Waals surface area contributed by atoms with Crippen LogP contribution in [0.15, 0.2) is 36.9 Å². The van der Waals surface area contributed by atoms with Crippen molar-refractivity contribution in [3.8, 4) is 0 Å². The third kappa shape index (κ3) is 3.65. The Morgan fingerprint density at radius 1 is 1.38 bits per heavy atom. The van der Waals surface area contributed by atoms with Crippen LogP contribution in [0.3, 0.4) is 0 Å². The second-order valence-electron chi connectivity index (χ2n) is 3.38. The third-order valence-electron chi connectivity index (χ3n) is 2.20. The van der Waals surface area contributed by atoms with Crippen LogP contribution in [0.4, 0.5) is 0 Å². The van der Waals surface area contributed by atoms with Crippen molar-refractivity contribution in [2.45, 2.75) is 19.8 Å². The van der Waals surface area contributed by atoms with Crippen molar-refractivity contribution in [3.63, 3.8) is 0 Å². The van der Waals surface area contributed by atoms with Gasteiger partial charge in [0.2, 0.25) is 0 Å². The molecule has 0 amide bonds. The molecule has 1 heteroatoms. The summed E-state index contributed by atoms with van der Waals surface area (Å²) in [5.74, 6) is 0.593. The molecule has 70 valence electrons. The van der Waals surface area contributed by atoms with Gasteiger partial charge in [-0.05, 0) is 36.5 Å². The molecule has 0 aliphatic heterocycles. The van der Waals surface area contributed by atoms with Crippen molar-refractivity contribution < 1.29 is 0 Å². The first kappa shape index (κ1) is 10.3. The molecule has 1 aromatic rings. The van der Waals surface area contributed by atoms with E-state index in [0.717, 1.165) is 17.9 Å². The summed E-state index contributed by atoms with van der Waals surface area (Å²) in [7, 11) is 0. The minimum absolute atomic E-state index is 0.593. The molecular formula is C12H15Cl. The average molecular weight is 195 g/mol. The molecule has 1 atom stereocenters. The minimum Gasteiger partial charge on any atom is -0.103 e. The summed E-state index contributed by atoms with van der Waals surface area (Å²) in [4.78, 5) is 0. The Morgan fingerprint density at radius 3 is 2.54 bits per heavy atom. The second-order valence-corrected chi connectivity index (χ2v) is 3.81. The van der Waals surface area contributed by atoms with Crippen LogP contribution < -0.4 is 0 Å². The van der Waals surface area contributed by atoms with Crippen molar-refractivity contribution in [3.05, 3.63) is 47.5 Å². The van der Waals surface area contributed by atoms with Gasteiger partial charge >= 0.3 is 0 Å². The number of hydrogen-bond acceptors (Lipinski definition) is 0. The summed E-state index contributed by atoms with van der Waals surface area (Å²) < 4.78 is 0. The molecule has 0 aromatic heterocycles. The SMILES string of the molecule is C=C[C@H](C)CCc1ccc(Cl)cc1. The molecule has 0 nitrogen and oxygen atoms in total. The normalized spacial score (nSPS) is 12.5. The lowest BCUT2D eigenvalue weighted by molar-refractivity contribution is 0.649. The van der Waals surface area contributed by atoms with Gasteiger partial charge in [0.1, 0.15) is 0 Å². The molecule has 1 aromatic carbocycles. The van der Waals surface area contributed by atoms with E-state index in [-0.39, 0.29) is 0 Å². The molecule has 13 heavy (non-hydrogen) atoms. The molecule has 0 heterocycles.